The highest BCUT2D eigenvalue weighted by atomic mass is 35.5. The van der Waals surface area contributed by atoms with Crippen LogP contribution >= 0.6 is 11.6 Å². The van der Waals surface area contributed by atoms with E-state index in [1.807, 2.05) is 0 Å². The molecule has 0 atom stereocenters. The van der Waals surface area contributed by atoms with Crippen molar-refractivity contribution in [3.63, 3.8) is 0 Å². The molecule has 2 aromatic heterocycles. The number of nitrogens with zero attached hydrogens (tertiary/aromatic N) is 4. The van der Waals surface area contributed by atoms with Crippen molar-refractivity contribution in [1.29, 1.82) is 0 Å². The summed E-state index contributed by atoms with van der Waals surface area (Å²) < 4.78 is 54.0. The maximum Gasteiger partial charge on any atom is 0.263 e. The monoisotopic (exact) mass is 584 g/mol. The van der Waals surface area contributed by atoms with Crippen molar-refractivity contribution in [3.8, 4) is 22.8 Å². The van der Waals surface area contributed by atoms with Crippen molar-refractivity contribution >= 4 is 33.3 Å². The first kappa shape index (κ1) is 27.7. The van der Waals surface area contributed by atoms with Gasteiger partial charge in [0, 0.05) is 50.8 Å². The lowest BCUT2D eigenvalue weighted by Gasteiger charge is -2.26. The number of anilines is 2. The van der Waals surface area contributed by atoms with Crippen LogP contribution in [0.5, 0.6) is 11.5 Å². The lowest BCUT2D eigenvalue weighted by Crippen LogP contribution is -2.39. The van der Waals surface area contributed by atoms with Gasteiger partial charge in [-0.15, -0.1) is 0 Å². The van der Waals surface area contributed by atoms with E-state index in [0.29, 0.717) is 29.5 Å². The molecule has 1 aliphatic heterocycles. The van der Waals surface area contributed by atoms with Crippen molar-refractivity contribution in [2.24, 2.45) is 0 Å². The van der Waals surface area contributed by atoms with Gasteiger partial charge in [-0.25, -0.2) is 22.8 Å². The third kappa shape index (κ3) is 6.83. The van der Waals surface area contributed by atoms with Crippen LogP contribution in [0.15, 0.2) is 78.1 Å². The molecule has 0 aliphatic carbocycles. The number of morpholine rings is 1. The van der Waals surface area contributed by atoms with E-state index in [9.17, 15) is 8.42 Å². The molecule has 0 amide bonds. The molecule has 5 rings (SSSR count). The van der Waals surface area contributed by atoms with Gasteiger partial charge in [0.1, 0.15) is 10.6 Å². The van der Waals surface area contributed by atoms with Crippen LogP contribution in [-0.4, -0.2) is 67.7 Å². The number of hydrogen-bond donors (Lipinski definition) is 2. The van der Waals surface area contributed by atoms with Crippen LogP contribution in [0, 0.1) is 5.82 Å². The van der Waals surface area contributed by atoms with Gasteiger partial charge in [0.25, 0.3) is 10.0 Å². The molecular weight excluding hydrogens is 559 g/mol. The highest BCUT2D eigenvalue weighted by Crippen LogP contribution is 2.34. The zero-order valence-electron chi connectivity index (χ0n) is 21.3. The smallest absolute Gasteiger partial charge is 0.263 e. The number of halogens is 2. The number of pyridine rings is 1. The third-order valence-electron chi connectivity index (χ3n) is 6.06. The van der Waals surface area contributed by atoms with Crippen molar-refractivity contribution in [2.45, 2.75) is 4.90 Å². The predicted octanol–water partition coefficient (Wildman–Crippen LogP) is 4.67. The van der Waals surface area contributed by atoms with E-state index in [1.165, 1.54) is 30.5 Å². The molecule has 0 saturated carbocycles. The summed E-state index contributed by atoms with van der Waals surface area (Å²) >= 11 is 6.02. The van der Waals surface area contributed by atoms with Gasteiger partial charge < -0.3 is 14.8 Å². The molecule has 3 heterocycles. The zero-order valence-corrected chi connectivity index (χ0v) is 22.8. The number of hydrogen-bond acceptors (Lipinski definition) is 9. The first-order chi connectivity index (χ1) is 19.4. The molecule has 1 saturated heterocycles. The fraction of sp³-hybridized carbons (Fsp3) is 0.222. The highest BCUT2D eigenvalue weighted by molar-refractivity contribution is 7.92. The Morgan fingerprint density at radius 1 is 1.05 bits per heavy atom. The molecular formula is C27H26ClFN6O4S. The minimum Gasteiger partial charge on any atom is -0.453 e. The summed E-state index contributed by atoms with van der Waals surface area (Å²) in [5.41, 5.74) is 1.09. The predicted molar refractivity (Wildman–Crippen MR) is 150 cm³/mol. The van der Waals surface area contributed by atoms with Crippen LogP contribution in [0.3, 0.4) is 0 Å². The van der Waals surface area contributed by atoms with Crippen molar-refractivity contribution in [2.75, 3.05) is 49.4 Å². The molecule has 1 fully saturated rings. The highest BCUT2D eigenvalue weighted by Gasteiger charge is 2.19. The summed E-state index contributed by atoms with van der Waals surface area (Å²) in [5.74, 6) is -0.112. The Kier molecular flexibility index (Phi) is 8.70. The summed E-state index contributed by atoms with van der Waals surface area (Å²) in [5, 5.41) is 3.29. The molecule has 2 aromatic carbocycles. The Hall–Kier alpha value is -3.84. The van der Waals surface area contributed by atoms with Crippen LogP contribution in [-0.2, 0) is 14.8 Å². The molecule has 0 bridgehead atoms. The normalized spacial score (nSPS) is 14.1. The summed E-state index contributed by atoms with van der Waals surface area (Å²) in [6.07, 6.45) is 4.71. The topological polar surface area (TPSA) is 119 Å². The van der Waals surface area contributed by atoms with Gasteiger partial charge in [-0.3, -0.25) is 14.6 Å². The van der Waals surface area contributed by atoms with Crippen molar-refractivity contribution in [1.82, 2.24) is 19.9 Å². The Morgan fingerprint density at radius 2 is 1.88 bits per heavy atom. The van der Waals surface area contributed by atoms with Crippen molar-refractivity contribution in [3.05, 3.63) is 84.0 Å². The number of ether oxygens (including phenoxy) is 2. The second kappa shape index (κ2) is 12.6. The molecule has 2 N–H and O–H groups in total. The maximum atomic E-state index is 15.0. The second-order valence-corrected chi connectivity index (χ2v) is 10.9. The van der Waals surface area contributed by atoms with Crippen LogP contribution in [0.2, 0.25) is 5.02 Å². The second-order valence-electron chi connectivity index (χ2n) is 8.80. The van der Waals surface area contributed by atoms with Crippen LogP contribution < -0.4 is 14.8 Å². The maximum absolute atomic E-state index is 15.0. The van der Waals surface area contributed by atoms with Gasteiger partial charge in [-0.05, 0) is 36.4 Å². The average Bonchev–Trinajstić information content (AvgIpc) is 2.95. The van der Waals surface area contributed by atoms with E-state index in [-0.39, 0.29) is 21.4 Å². The molecule has 10 nitrogen and oxygen atoms in total. The summed E-state index contributed by atoms with van der Waals surface area (Å²) in [6, 6.07) is 13.1. The molecule has 0 radical (unpaired) electrons. The number of sulfonamides is 1. The molecule has 13 heteroatoms. The number of aromatic nitrogens is 3. The van der Waals surface area contributed by atoms with Gasteiger partial charge in [0.05, 0.1) is 35.2 Å². The fourth-order valence-corrected chi connectivity index (χ4v) is 5.62. The zero-order chi connectivity index (χ0) is 28.0. The minimum absolute atomic E-state index is 0.0170. The summed E-state index contributed by atoms with van der Waals surface area (Å²) in [6.45, 7) is 4.75. The Labute approximate surface area is 236 Å². The third-order valence-corrected chi connectivity index (χ3v) is 7.94. The standard InChI is InChI=1S/C27H26ClFN6O4S/c28-21-3-1-2-4-26(21)40(36,37)34-19-5-6-25(22(29)17-19)39-24-8-9-30-18-20(24)23-7-10-31-27(33-23)32-11-12-35-13-15-38-16-14-35/h1-10,17-18,34H,11-16H2,(H,31,32,33). The Morgan fingerprint density at radius 3 is 2.67 bits per heavy atom. The van der Waals surface area contributed by atoms with Crippen LogP contribution in [0.1, 0.15) is 0 Å². The van der Waals surface area contributed by atoms with Crippen LogP contribution in [0.25, 0.3) is 11.3 Å². The van der Waals surface area contributed by atoms with Crippen LogP contribution in [0.4, 0.5) is 16.0 Å². The molecule has 40 heavy (non-hydrogen) atoms. The van der Waals surface area contributed by atoms with Gasteiger partial charge >= 0.3 is 0 Å². The molecule has 1 aliphatic rings. The fourth-order valence-electron chi connectivity index (χ4n) is 4.05. The first-order valence-electron chi connectivity index (χ1n) is 12.5. The van der Waals surface area contributed by atoms with E-state index in [4.69, 9.17) is 21.1 Å². The molecule has 0 spiro atoms. The summed E-state index contributed by atoms with van der Waals surface area (Å²) in [7, 11) is -4.02. The van der Waals surface area contributed by atoms with E-state index < -0.39 is 15.8 Å². The van der Waals surface area contributed by atoms with Gasteiger partial charge in [-0.1, -0.05) is 23.7 Å². The number of benzene rings is 2. The molecule has 208 valence electrons. The quantitative estimate of drug-likeness (QED) is 0.274. The largest absolute Gasteiger partial charge is 0.453 e. The number of rotatable bonds is 10. The lowest BCUT2D eigenvalue weighted by molar-refractivity contribution is 0.0398. The molecule has 0 unspecified atom stereocenters. The van der Waals surface area contributed by atoms with Crippen molar-refractivity contribution < 1.29 is 22.3 Å². The SMILES string of the molecule is O=S(=O)(Nc1ccc(Oc2ccncc2-c2ccnc(NCCN3CCOCC3)n2)c(F)c1)c1ccccc1Cl. The van der Waals surface area contributed by atoms with E-state index in [2.05, 4.69) is 29.9 Å². The van der Waals surface area contributed by atoms with Gasteiger partial charge in [0.15, 0.2) is 11.6 Å². The van der Waals surface area contributed by atoms with E-state index in [0.717, 1.165) is 38.9 Å². The van der Waals surface area contributed by atoms with E-state index >= 15 is 4.39 Å². The Balaban J connectivity index is 1.29. The minimum atomic E-state index is -4.02. The Bertz CT molecular complexity index is 1590. The number of nitrogens with one attached hydrogen (secondary N) is 2. The average molecular weight is 585 g/mol. The van der Waals surface area contributed by atoms with Gasteiger partial charge in [0.2, 0.25) is 5.95 Å². The lowest BCUT2D eigenvalue weighted by atomic mass is 10.2. The first-order valence-corrected chi connectivity index (χ1v) is 14.3. The van der Waals surface area contributed by atoms with E-state index in [1.54, 1.807) is 36.7 Å². The summed E-state index contributed by atoms with van der Waals surface area (Å²) in [4.78, 5) is 15.2. The molecule has 4 aromatic rings. The van der Waals surface area contributed by atoms with Gasteiger partial charge in [-0.2, -0.15) is 0 Å².